The molecule has 0 amide bonds. The third kappa shape index (κ3) is 9.42. The van der Waals surface area contributed by atoms with Gasteiger partial charge in [-0.15, -0.1) is 46.9 Å². The van der Waals surface area contributed by atoms with Crippen molar-refractivity contribution in [3.8, 4) is 0 Å². The van der Waals surface area contributed by atoms with Crippen molar-refractivity contribution in [2.45, 2.75) is 76.3 Å². The molecule has 2 atom stereocenters. The fourth-order valence-electron chi connectivity index (χ4n) is 9.94. The molecule has 348 valence electrons. The Labute approximate surface area is 439 Å². The van der Waals surface area contributed by atoms with Crippen LogP contribution in [0.3, 0.4) is 0 Å². The van der Waals surface area contributed by atoms with Crippen molar-refractivity contribution in [3.63, 3.8) is 0 Å². The van der Waals surface area contributed by atoms with Crippen molar-refractivity contribution in [2.24, 2.45) is 0 Å². The van der Waals surface area contributed by atoms with Crippen LogP contribution < -0.4 is 45.7 Å². The van der Waals surface area contributed by atoms with Crippen LogP contribution in [0.15, 0.2) is 191 Å². The Kier molecular flexibility index (Phi) is 14.5. The van der Waals surface area contributed by atoms with Crippen molar-refractivity contribution in [1.82, 2.24) is 0 Å². The van der Waals surface area contributed by atoms with Crippen molar-refractivity contribution in [2.75, 3.05) is 0 Å². The van der Waals surface area contributed by atoms with Crippen molar-refractivity contribution >= 4 is 72.8 Å². The molecule has 0 fully saturated rings. The molecule has 0 aliphatic heterocycles. The van der Waals surface area contributed by atoms with Gasteiger partial charge in [0, 0.05) is 21.7 Å². The van der Waals surface area contributed by atoms with E-state index in [0.717, 1.165) is 33.5 Å². The maximum absolute atomic E-state index is 6.59. The molecule has 8 aromatic carbocycles. The molecule has 6 heteroatoms. The summed E-state index contributed by atoms with van der Waals surface area (Å²) in [5.74, 6) is 3.81. The minimum absolute atomic E-state index is 0. The van der Waals surface area contributed by atoms with Gasteiger partial charge in [0.1, 0.15) is 23.0 Å². The molecule has 2 aliphatic rings. The van der Waals surface area contributed by atoms with Gasteiger partial charge in [-0.1, -0.05) is 163 Å². The van der Waals surface area contributed by atoms with Gasteiger partial charge in [0.15, 0.2) is 0 Å². The summed E-state index contributed by atoms with van der Waals surface area (Å²) in [4.78, 5) is 0. The van der Waals surface area contributed by atoms with Crippen LogP contribution in [-0.4, -0.2) is 5.43 Å². The minimum atomic E-state index is -0.586. The Morgan fingerprint density at radius 3 is 1.13 bits per heavy atom. The quantitative estimate of drug-likeness (QED) is 0.104. The van der Waals surface area contributed by atoms with Gasteiger partial charge in [-0.05, 0) is 78.5 Å². The molecule has 10 aromatic rings. The molecule has 0 radical (unpaired) electrons. The second kappa shape index (κ2) is 20.0. The van der Waals surface area contributed by atoms with Crippen LogP contribution in [0.5, 0.6) is 0 Å². The Bertz CT molecular complexity index is 3530. The second-order valence-electron chi connectivity index (χ2n) is 20.5. The zero-order valence-electron chi connectivity index (χ0n) is 41.0. The van der Waals surface area contributed by atoms with E-state index in [1.54, 1.807) is 23.3 Å². The summed E-state index contributed by atoms with van der Waals surface area (Å²) >= 11 is 1.74. The second-order valence-corrected chi connectivity index (χ2v) is 29.9. The van der Waals surface area contributed by atoms with E-state index in [1.807, 2.05) is 0 Å². The summed E-state index contributed by atoms with van der Waals surface area (Å²) in [6, 6.07) is 64.8. The number of fused-ring (bicyclic) bond motifs is 8. The van der Waals surface area contributed by atoms with Crippen molar-refractivity contribution < 1.29 is 57.0 Å². The van der Waals surface area contributed by atoms with Gasteiger partial charge in [0.25, 0.3) is 0 Å². The Morgan fingerprint density at radius 2 is 0.757 bits per heavy atom. The first-order valence-electron chi connectivity index (χ1n) is 23.7. The molecule has 0 spiro atoms. The molecule has 70 heavy (non-hydrogen) atoms. The molecule has 2 aliphatic carbocycles. The molecule has 2 aromatic heterocycles. The average Bonchev–Trinajstić information content (AvgIpc) is 4.16. The van der Waals surface area contributed by atoms with E-state index in [4.69, 9.17) is 8.83 Å². The summed E-state index contributed by atoms with van der Waals surface area (Å²) < 4.78 is 13.2. The SMILES string of the molecule is CC(C)(C)c1ccc(C2(c3cccc4ccc5ccccc5c34)[C-]=c3ccccc3=C2)o1.CC(C)(C)c1ccc(C2(c3cccc4ccc5ccccc5c34)[C-]=c3ccccc3=C2)o1.C[Si](C)=[Zr+2].[Cl-].[Cl-]. The molecule has 2 nitrogen and oxygen atoms in total. The topological polar surface area (TPSA) is 26.3 Å². The number of benzene rings is 8. The van der Waals surface area contributed by atoms with E-state index >= 15 is 0 Å². The first kappa shape index (κ1) is 50.9. The van der Waals surface area contributed by atoms with E-state index in [1.165, 1.54) is 64.7 Å². The van der Waals surface area contributed by atoms with Gasteiger partial charge in [-0.2, -0.15) is 34.7 Å². The molecule has 12 rings (SSSR count). The summed E-state index contributed by atoms with van der Waals surface area (Å²) in [6.45, 7) is 17.7. The van der Waals surface area contributed by atoms with Crippen LogP contribution in [-0.2, 0) is 45.0 Å². The summed E-state index contributed by atoms with van der Waals surface area (Å²) in [6.07, 6.45) is 12.4. The Hall–Kier alpha value is -5.48. The fourth-order valence-corrected chi connectivity index (χ4v) is 9.94. The third-order valence-corrected chi connectivity index (χ3v) is 13.2. The van der Waals surface area contributed by atoms with Crippen molar-refractivity contribution in [3.05, 3.63) is 237 Å². The first-order chi connectivity index (χ1) is 32.6. The van der Waals surface area contributed by atoms with Gasteiger partial charge < -0.3 is 33.6 Å². The van der Waals surface area contributed by atoms with Crippen LogP contribution in [0.4, 0.5) is 0 Å². The van der Waals surface area contributed by atoms with Gasteiger partial charge >= 0.3 is 41.9 Å². The predicted octanol–water partition coefficient (Wildman–Crippen LogP) is 7.44. The first-order valence-corrected chi connectivity index (χ1v) is 29.8. The van der Waals surface area contributed by atoms with Crippen molar-refractivity contribution in [1.29, 1.82) is 0 Å². The van der Waals surface area contributed by atoms with Gasteiger partial charge in [-0.3, -0.25) is 0 Å². The van der Waals surface area contributed by atoms with E-state index in [-0.39, 0.29) is 41.1 Å². The smallest absolute Gasteiger partial charge is 1.00 e. The Morgan fingerprint density at radius 1 is 0.414 bits per heavy atom. The average molecular weight is 1050 g/mol. The standard InChI is InChI=1S/2C31H25O.C2H6Si.2ClH.Zr/c2*1-30(2,3)27-17-18-28(32-27)31(19-23-10-4-5-11-24(23)20-31)26-14-8-12-22-16-15-21-9-6-7-13-25(21)29(22)26;1-3-2;;;/h2*4-19H,1-3H3;1-2H3;2*1H;/q2*-1;;;;+2/p-2. The predicted molar refractivity (Wildman–Crippen MR) is 284 cm³/mol. The monoisotopic (exact) mass is 1040 g/mol. The zero-order chi connectivity index (χ0) is 47.4. The van der Waals surface area contributed by atoms with Crippen LogP contribution in [0.1, 0.15) is 75.7 Å². The molecule has 0 saturated carbocycles. The van der Waals surface area contributed by atoms with Crippen LogP contribution >= 0.6 is 0 Å². The minimum Gasteiger partial charge on any atom is -1.00 e. The normalized spacial score (nSPS) is 16.7. The fraction of sp³-hybridized carbons (Fsp3) is 0.188. The molecule has 0 bridgehead atoms. The molecule has 0 saturated heterocycles. The van der Waals surface area contributed by atoms with E-state index in [9.17, 15) is 0 Å². The van der Waals surface area contributed by atoms with E-state index in [2.05, 4.69) is 261 Å². The van der Waals surface area contributed by atoms with Crippen LogP contribution in [0.25, 0.3) is 67.4 Å². The molecule has 2 heterocycles. The number of hydrogen-bond acceptors (Lipinski definition) is 2. The molecule has 0 N–H and O–H groups in total. The maximum Gasteiger partial charge on any atom is -1.00 e. The largest absolute Gasteiger partial charge is 1.00 e. The summed E-state index contributed by atoms with van der Waals surface area (Å²) in [7, 11) is 0. The number of halogens is 2. The third-order valence-electron chi connectivity index (χ3n) is 13.2. The molecule has 2 unspecified atom stereocenters. The van der Waals surface area contributed by atoms with Gasteiger partial charge in [0.05, 0.1) is 0 Å². The number of hydrogen-bond donors (Lipinski definition) is 0. The zero-order valence-corrected chi connectivity index (χ0v) is 46.0. The van der Waals surface area contributed by atoms with E-state index < -0.39 is 10.8 Å². The number of rotatable bonds is 4. The molecular weight excluding hydrogens is 991 g/mol. The Balaban J connectivity index is 0.000000170. The molecular formula is C64H56Cl2O2SiZr-2. The summed E-state index contributed by atoms with van der Waals surface area (Å²) in [5, 5.41) is 14.6. The number of furan rings is 2. The summed E-state index contributed by atoms with van der Waals surface area (Å²) in [5.41, 5.74) is 1.33. The van der Waals surface area contributed by atoms with Gasteiger partial charge in [-0.25, -0.2) is 0 Å². The van der Waals surface area contributed by atoms with Crippen LogP contribution in [0, 0.1) is 0 Å². The maximum atomic E-state index is 6.59. The van der Waals surface area contributed by atoms with E-state index in [0.29, 0.717) is 0 Å². The van der Waals surface area contributed by atoms with Gasteiger partial charge in [0.2, 0.25) is 0 Å². The van der Waals surface area contributed by atoms with Crippen LogP contribution in [0.2, 0.25) is 13.1 Å².